The summed E-state index contributed by atoms with van der Waals surface area (Å²) >= 11 is 5.83. The zero-order chi connectivity index (χ0) is 13.0. The van der Waals surface area contributed by atoms with Crippen molar-refractivity contribution in [2.24, 2.45) is 0 Å². The molecule has 98 valence electrons. The second-order valence-corrected chi connectivity index (χ2v) is 4.94. The van der Waals surface area contributed by atoms with Gasteiger partial charge in [0.15, 0.2) is 0 Å². The standard InChI is InChI=1S/C13H16ClFN2O/c14-11-7-9(15)5-6-12(11)17-13(18)8-16-10-3-1-2-4-10/h5-7,10,16H,1-4,8H2,(H,17,18). The van der Waals surface area contributed by atoms with Gasteiger partial charge in [-0.05, 0) is 31.0 Å². The Labute approximate surface area is 111 Å². The Kier molecular flexibility index (Phi) is 4.55. The Morgan fingerprint density at radius 1 is 1.39 bits per heavy atom. The minimum Gasteiger partial charge on any atom is -0.324 e. The Morgan fingerprint density at radius 2 is 2.11 bits per heavy atom. The summed E-state index contributed by atoms with van der Waals surface area (Å²) in [5.41, 5.74) is 0.441. The number of carbonyl (C=O) groups excluding carboxylic acids is 1. The third-order valence-corrected chi connectivity index (χ3v) is 3.42. The van der Waals surface area contributed by atoms with Crippen molar-refractivity contribution in [3.8, 4) is 0 Å². The highest BCUT2D eigenvalue weighted by Crippen LogP contribution is 2.22. The molecule has 0 aromatic heterocycles. The zero-order valence-corrected chi connectivity index (χ0v) is 10.8. The molecule has 0 atom stereocenters. The summed E-state index contributed by atoms with van der Waals surface area (Å²) in [6.07, 6.45) is 4.71. The van der Waals surface area contributed by atoms with Gasteiger partial charge in [0, 0.05) is 6.04 Å². The molecule has 1 aliphatic carbocycles. The van der Waals surface area contributed by atoms with E-state index in [2.05, 4.69) is 10.6 Å². The summed E-state index contributed by atoms with van der Waals surface area (Å²) in [6.45, 7) is 0.262. The van der Waals surface area contributed by atoms with Gasteiger partial charge < -0.3 is 10.6 Å². The molecule has 1 aromatic rings. The number of benzene rings is 1. The fourth-order valence-electron chi connectivity index (χ4n) is 2.15. The number of hydrogen-bond acceptors (Lipinski definition) is 2. The van der Waals surface area contributed by atoms with Crippen molar-refractivity contribution in [2.45, 2.75) is 31.7 Å². The van der Waals surface area contributed by atoms with E-state index >= 15 is 0 Å². The Balaban J connectivity index is 1.82. The van der Waals surface area contributed by atoms with Crippen molar-refractivity contribution in [2.75, 3.05) is 11.9 Å². The minimum atomic E-state index is -0.415. The molecule has 0 radical (unpaired) electrons. The van der Waals surface area contributed by atoms with E-state index in [4.69, 9.17) is 11.6 Å². The van der Waals surface area contributed by atoms with Gasteiger partial charge in [-0.1, -0.05) is 24.4 Å². The van der Waals surface area contributed by atoms with Crippen molar-refractivity contribution >= 4 is 23.2 Å². The van der Waals surface area contributed by atoms with Gasteiger partial charge in [-0.25, -0.2) is 4.39 Å². The second-order valence-electron chi connectivity index (χ2n) is 4.53. The SMILES string of the molecule is O=C(CNC1CCCC1)Nc1ccc(F)cc1Cl. The molecule has 0 unspecified atom stereocenters. The lowest BCUT2D eigenvalue weighted by molar-refractivity contribution is -0.115. The molecule has 1 aromatic carbocycles. The zero-order valence-electron chi connectivity index (χ0n) is 10.0. The number of amides is 1. The molecule has 0 bridgehead atoms. The molecule has 2 rings (SSSR count). The van der Waals surface area contributed by atoms with Crippen LogP contribution in [0.1, 0.15) is 25.7 Å². The van der Waals surface area contributed by atoms with E-state index in [1.807, 2.05) is 0 Å². The average Bonchev–Trinajstić information content (AvgIpc) is 2.83. The van der Waals surface area contributed by atoms with Crippen LogP contribution in [0.5, 0.6) is 0 Å². The van der Waals surface area contributed by atoms with E-state index in [1.165, 1.54) is 31.0 Å². The Hall–Kier alpha value is -1.13. The summed E-state index contributed by atoms with van der Waals surface area (Å²) in [5, 5.41) is 6.08. The predicted octanol–water partition coefficient (Wildman–Crippen LogP) is 2.95. The molecule has 1 saturated carbocycles. The summed E-state index contributed by atoms with van der Waals surface area (Å²) in [4.78, 5) is 11.7. The monoisotopic (exact) mass is 270 g/mol. The topological polar surface area (TPSA) is 41.1 Å². The van der Waals surface area contributed by atoms with Crippen LogP contribution in [0.2, 0.25) is 5.02 Å². The maximum atomic E-state index is 12.8. The summed E-state index contributed by atoms with van der Waals surface area (Å²) in [6, 6.07) is 4.36. The maximum Gasteiger partial charge on any atom is 0.238 e. The third-order valence-electron chi connectivity index (χ3n) is 3.11. The number of hydrogen-bond donors (Lipinski definition) is 2. The molecule has 0 spiro atoms. The number of nitrogens with one attached hydrogen (secondary N) is 2. The van der Waals surface area contributed by atoms with E-state index in [0.717, 1.165) is 12.8 Å². The molecule has 1 fully saturated rings. The van der Waals surface area contributed by atoms with Crippen molar-refractivity contribution in [3.05, 3.63) is 29.0 Å². The van der Waals surface area contributed by atoms with Crippen LogP contribution < -0.4 is 10.6 Å². The Bertz CT molecular complexity index is 433. The molecule has 5 heteroatoms. The molecule has 0 heterocycles. The van der Waals surface area contributed by atoms with Gasteiger partial charge in [-0.3, -0.25) is 4.79 Å². The second kappa shape index (κ2) is 6.16. The van der Waals surface area contributed by atoms with Crippen LogP contribution in [-0.2, 0) is 4.79 Å². The van der Waals surface area contributed by atoms with E-state index < -0.39 is 5.82 Å². The number of carbonyl (C=O) groups is 1. The largest absolute Gasteiger partial charge is 0.324 e. The minimum absolute atomic E-state index is 0.157. The van der Waals surface area contributed by atoms with Crippen LogP contribution in [0, 0.1) is 5.82 Å². The third kappa shape index (κ3) is 3.68. The van der Waals surface area contributed by atoms with Crippen LogP contribution in [0.4, 0.5) is 10.1 Å². The predicted molar refractivity (Wildman–Crippen MR) is 70.3 cm³/mol. The fraction of sp³-hybridized carbons (Fsp3) is 0.462. The smallest absolute Gasteiger partial charge is 0.238 e. The molecular formula is C13H16ClFN2O. The van der Waals surface area contributed by atoms with Gasteiger partial charge >= 0.3 is 0 Å². The highest BCUT2D eigenvalue weighted by molar-refractivity contribution is 6.33. The first-order valence-electron chi connectivity index (χ1n) is 6.13. The number of halogens is 2. The van der Waals surface area contributed by atoms with E-state index in [1.54, 1.807) is 0 Å². The summed E-state index contributed by atoms with van der Waals surface area (Å²) < 4.78 is 12.8. The van der Waals surface area contributed by atoms with Crippen LogP contribution in [0.15, 0.2) is 18.2 Å². The molecular weight excluding hydrogens is 255 g/mol. The first-order chi connectivity index (χ1) is 8.65. The van der Waals surface area contributed by atoms with Crippen LogP contribution in [0.3, 0.4) is 0 Å². The highest BCUT2D eigenvalue weighted by atomic mass is 35.5. The van der Waals surface area contributed by atoms with Gasteiger partial charge in [-0.15, -0.1) is 0 Å². The van der Waals surface area contributed by atoms with Crippen LogP contribution >= 0.6 is 11.6 Å². The lowest BCUT2D eigenvalue weighted by Crippen LogP contribution is -2.34. The number of rotatable bonds is 4. The fourth-order valence-corrected chi connectivity index (χ4v) is 2.37. The molecule has 1 aliphatic rings. The normalized spacial score (nSPS) is 15.9. The summed E-state index contributed by atoms with van der Waals surface area (Å²) in [7, 11) is 0. The number of anilines is 1. The van der Waals surface area contributed by atoms with Gasteiger partial charge in [-0.2, -0.15) is 0 Å². The van der Waals surface area contributed by atoms with Crippen molar-refractivity contribution in [1.82, 2.24) is 5.32 Å². The van der Waals surface area contributed by atoms with Gasteiger partial charge in [0.2, 0.25) is 5.91 Å². The average molecular weight is 271 g/mol. The van der Waals surface area contributed by atoms with Crippen molar-refractivity contribution in [3.63, 3.8) is 0 Å². The maximum absolute atomic E-state index is 12.8. The lowest BCUT2D eigenvalue weighted by atomic mass is 10.2. The van der Waals surface area contributed by atoms with Crippen molar-refractivity contribution in [1.29, 1.82) is 0 Å². The van der Waals surface area contributed by atoms with Gasteiger partial charge in [0.05, 0.1) is 17.3 Å². The Morgan fingerprint density at radius 3 is 2.78 bits per heavy atom. The van der Waals surface area contributed by atoms with E-state index in [9.17, 15) is 9.18 Å². The molecule has 0 aliphatic heterocycles. The highest BCUT2D eigenvalue weighted by Gasteiger charge is 2.15. The lowest BCUT2D eigenvalue weighted by Gasteiger charge is -2.12. The van der Waals surface area contributed by atoms with Gasteiger partial charge in [0.1, 0.15) is 5.82 Å². The molecule has 1 amide bonds. The van der Waals surface area contributed by atoms with Crippen LogP contribution in [-0.4, -0.2) is 18.5 Å². The molecule has 3 nitrogen and oxygen atoms in total. The quantitative estimate of drug-likeness (QED) is 0.883. The van der Waals surface area contributed by atoms with Crippen molar-refractivity contribution < 1.29 is 9.18 Å². The summed E-state index contributed by atoms with van der Waals surface area (Å²) in [5.74, 6) is -0.572. The van der Waals surface area contributed by atoms with Gasteiger partial charge in [0.25, 0.3) is 0 Å². The molecule has 0 saturated heterocycles. The van der Waals surface area contributed by atoms with E-state index in [0.29, 0.717) is 11.7 Å². The molecule has 18 heavy (non-hydrogen) atoms. The first-order valence-corrected chi connectivity index (χ1v) is 6.51. The van der Waals surface area contributed by atoms with E-state index in [-0.39, 0.29) is 17.5 Å². The molecule has 2 N–H and O–H groups in total. The first kappa shape index (κ1) is 13.3. The van der Waals surface area contributed by atoms with Crippen LogP contribution in [0.25, 0.3) is 0 Å².